The van der Waals surface area contributed by atoms with E-state index in [0.717, 1.165) is 50.3 Å². The third-order valence-electron chi connectivity index (χ3n) is 7.04. The number of fused-ring (bicyclic) bond motifs is 1. The minimum Gasteiger partial charge on any atom is -0.488 e. The lowest BCUT2D eigenvalue weighted by Gasteiger charge is -2.41. The zero-order valence-corrected chi connectivity index (χ0v) is 18.8. The Hall–Kier alpha value is -2.04. The van der Waals surface area contributed by atoms with Crippen LogP contribution in [0.3, 0.4) is 0 Å². The molecule has 0 amide bonds. The van der Waals surface area contributed by atoms with Gasteiger partial charge in [0.05, 0.1) is 6.61 Å². The van der Waals surface area contributed by atoms with Crippen molar-refractivity contribution in [2.45, 2.75) is 71.6 Å². The van der Waals surface area contributed by atoms with Gasteiger partial charge < -0.3 is 14.6 Å². The molecule has 2 heterocycles. The molecule has 0 aromatic heterocycles. The van der Waals surface area contributed by atoms with Crippen LogP contribution in [0, 0.1) is 20.8 Å². The first-order valence-electron chi connectivity index (χ1n) is 11.2. The van der Waals surface area contributed by atoms with Crippen LogP contribution >= 0.6 is 0 Å². The fourth-order valence-electron chi connectivity index (χ4n) is 5.08. The fourth-order valence-corrected chi connectivity index (χ4v) is 5.08. The van der Waals surface area contributed by atoms with Crippen LogP contribution < -0.4 is 9.47 Å². The first kappa shape index (κ1) is 21.2. The minimum atomic E-state index is -0.221. The van der Waals surface area contributed by atoms with Gasteiger partial charge in [-0.05, 0) is 82.2 Å². The van der Waals surface area contributed by atoms with E-state index in [4.69, 9.17) is 9.47 Å². The summed E-state index contributed by atoms with van der Waals surface area (Å²) in [6.07, 6.45) is 4.23. The fraction of sp³-hybridized carbons (Fsp3) is 0.538. The number of nitrogens with zero attached hydrogens (tertiary/aromatic N) is 1. The number of likely N-dealkylation sites (tertiary alicyclic amines) is 1. The number of rotatable bonds is 6. The third-order valence-corrected chi connectivity index (χ3v) is 7.04. The molecular formula is C26H35NO3. The van der Waals surface area contributed by atoms with Crippen LogP contribution in [0.25, 0.3) is 0 Å². The molecule has 0 aliphatic carbocycles. The third kappa shape index (κ3) is 4.08. The average molecular weight is 410 g/mol. The molecule has 0 spiro atoms. The topological polar surface area (TPSA) is 41.9 Å². The maximum Gasteiger partial charge on any atom is 0.127 e. The average Bonchev–Trinajstić information content (AvgIpc) is 3.19. The van der Waals surface area contributed by atoms with E-state index >= 15 is 0 Å². The highest BCUT2D eigenvalue weighted by Crippen LogP contribution is 2.44. The van der Waals surface area contributed by atoms with Crippen LogP contribution in [0.4, 0.5) is 0 Å². The van der Waals surface area contributed by atoms with E-state index in [2.05, 4.69) is 44.7 Å². The summed E-state index contributed by atoms with van der Waals surface area (Å²) in [5.74, 6) is 2.05. The number of hydrogen-bond acceptors (Lipinski definition) is 4. The lowest BCUT2D eigenvalue weighted by molar-refractivity contribution is 0.0131. The van der Waals surface area contributed by atoms with Crippen LogP contribution in [-0.4, -0.2) is 41.3 Å². The molecule has 2 aliphatic heterocycles. The predicted molar refractivity (Wildman–Crippen MR) is 120 cm³/mol. The Bertz CT molecular complexity index is 895. The Morgan fingerprint density at radius 3 is 2.63 bits per heavy atom. The Morgan fingerprint density at radius 2 is 1.90 bits per heavy atom. The van der Waals surface area contributed by atoms with Crippen molar-refractivity contribution in [3.63, 3.8) is 0 Å². The van der Waals surface area contributed by atoms with Crippen molar-refractivity contribution in [2.75, 3.05) is 19.7 Å². The van der Waals surface area contributed by atoms with Crippen molar-refractivity contribution in [2.24, 2.45) is 0 Å². The molecule has 1 fully saturated rings. The molecule has 1 saturated heterocycles. The second kappa shape index (κ2) is 8.60. The molecule has 4 heteroatoms. The van der Waals surface area contributed by atoms with Crippen LogP contribution in [0.2, 0.25) is 0 Å². The van der Waals surface area contributed by atoms with E-state index in [1.54, 1.807) is 0 Å². The van der Waals surface area contributed by atoms with Gasteiger partial charge in [0.15, 0.2) is 0 Å². The number of benzene rings is 2. The molecular weight excluding hydrogens is 374 g/mol. The second-order valence-corrected chi connectivity index (χ2v) is 9.29. The van der Waals surface area contributed by atoms with Crippen molar-refractivity contribution < 1.29 is 14.6 Å². The molecule has 1 N–H and O–H groups in total. The second-order valence-electron chi connectivity index (χ2n) is 9.29. The van der Waals surface area contributed by atoms with Gasteiger partial charge >= 0.3 is 0 Å². The SMILES string of the molecule is Cc1c(C)c2c(c(C)c1OCc1ccccc1)CC[C@@](C)(CN1CCC[C@H]1CO)O2. The molecule has 0 saturated carbocycles. The van der Waals surface area contributed by atoms with E-state index < -0.39 is 0 Å². The lowest BCUT2D eigenvalue weighted by Crippen LogP contribution is -2.49. The molecule has 0 bridgehead atoms. The summed E-state index contributed by atoms with van der Waals surface area (Å²) >= 11 is 0. The summed E-state index contributed by atoms with van der Waals surface area (Å²) in [5.41, 5.74) is 5.81. The predicted octanol–water partition coefficient (Wildman–Crippen LogP) is 4.73. The maximum absolute atomic E-state index is 9.69. The summed E-state index contributed by atoms with van der Waals surface area (Å²) in [6.45, 7) is 11.4. The van der Waals surface area contributed by atoms with Crippen molar-refractivity contribution >= 4 is 0 Å². The van der Waals surface area contributed by atoms with Gasteiger partial charge in [-0.1, -0.05) is 30.3 Å². The normalized spacial score (nSPS) is 23.8. The zero-order chi connectivity index (χ0) is 21.3. The molecule has 2 atom stereocenters. The number of aliphatic hydroxyl groups is 1. The lowest BCUT2D eigenvalue weighted by atomic mass is 9.86. The monoisotopic (exact) mass is 409 g/mol. The summed E-state index contributed by atoms with van der Waals surface area (Å²) in [7, 11) is 0. The van der Waals surface area contributed by atoms with Gasteiger partial charge in [0.1, 0.15) is 23.7 Å². The summed E-state index contributed by atoms with van der Waals surface area (Å²) in [5, 5.41) is 9.69. The number of ether oxygens (including phenoxy) is 2. The standard InChI is InChI=1S/C26H35NO3/c1-18-19(2)25-23(20(3)24(18)29-16-21-9-6-5-7-10-21)12-13-26(4,30-25)17-27-14-8-11-22(27)15-28/h5-7,9-10,22,28H,8,11-17H2,1-4H3/t22-,26-/m0/s1. The molecule has 30 heavy (non-hydrogen) atoms. The molecule has 2 aromatic carbocycles. The van der Waals surface area contributed by atoms with Gasteiger partial charge in [-0.15, -0.1) is 0 Å². The van der Waals surface area contributed by atoms with Gasteiger partial charge in [0.2, 0.25) is 0 Å². The van der Waals surface area contributed by atoms with Crippen molar-refractivity contribution in [3.8, 4) is 11.5 Å². The summed E-state index contributed by atoms with van der Waals surface area (Å²) in [6, 6.07) is 10.6. The molecule has 4 nitrogen and oxygen atoms in total. The molecule has 4 rings (SSSR count). The van der Waals surface area contributed by atoms with E-state index in [1.807, 2.05) is 18.2 Å². The van der Waals surface area contributed by atoms with Gasteiger partial charge in [0, 0.05) is 18.2 Å². The van der Waals surface area contributed by atoms with Crippen LogP contribution in [-0.2, 0) is 13.0 Å². The minimum absolute atomic E-state index is 0.221. The number of hydrogen-bond donors (Lipinski definition) is 1. The van der Waals surface area contributed by atoms with E-state index in [9.17, 15) is 5.11 Å². The molecule has 162 valence electrons. The van der Waals surface area contributed by atoms with Crippen molar-refractivity contribution in [1.82, 2.24) is 4.90 Å². The highest BCUT2D eigenvalue weighted by molar-refractivity contribution is 5.59. The van der Waals surface area contributed by atoms with Crippen molar-refractivity contribution in [3.05, 3.63) is 58.1 Å². The van der Waals surface area contributed by atoms with Gasteiger partial charge in [-0.25, -0.2) is 0 Å². The van der Waals surface area contributed by atoms with E-state index in [1.165, 1.54) is 27.8 Å². The zero-order valence-electron chi connectivity index (χ0n) is 18.8. The Morgan fingerprint density at radius 1 is 1.13 bits per heavy atom. The molecule has 2 aromatic rings. The highest BCUT2D eigenvalue weighted by atomic mass is 16.5. The molecule has 0 radical (unpaired) electrons. The van der Waals surface area contributed by atoms with Gasteiger partial charge in [-0.3, -0.25) is 4.90 Å². The summed E-state index contributed by atoms with van der Waals surface area (Å²) < 4.78 is 13.0. The Balaban J connectivity index is 1.56. The smallest absolute Gasteiger partial charge is 0.127 e. The Labute approximate surface area is 180 Å². The van der Waals surface area contributed by atoms with Crippen LogP contribution in [0.5, 0.6) is 11.5 Å². The molecule has 2 aliphatic rings. The largest absolute Gasteiger partial charge is 0.488 e. The van der Waals surface area contributed by atoms with Crippen molar-refractivity contribution in [1.29, 1.82) is 0 Å². The van der Waals surface area contributed by atoms with Gasteiger partial charge in [-0.2, -0.15) is 0 Å². The first-order valence-corrected chi connectivity index (χ1v) is 11.2. The van der Waals surface area contributed by atoms with E-state index in [-0.39, 0.29) is 18.2 Å². The number of aliphatic hydroxyl groups excluding tert-OH is 1. The van der Waals surface area contributed by atoms with Gasteiger partial charge in [0.25, 0.3) is 0 Å². The summed E-state index contributed by atoms with van der Waals surface area (Å²) in [4.78, 5) is 2.41. The molecule has 0 unspecified atom stereocenters. The maximum atomic E-state index is 9.69. The van der Waals surface area contributed by atoms with Crippen LogP contribution in [0.1, 0.15) is 54.0 Å². The highest BCUT2D eigenvalue weighted by Gasteiger charge is 2.38. The quantitative estimate of drug-likeness (QED) is 0.749. The van der Waals surface area contributed by atoms with Crippen LogP contribution in [0.15, 0.2) is 30.3 Å². The first-order chi connectivity index (χ1) is 14.4. The Kier molecular flexibility index (Phi) is 6.08. The van der Waals surface area contributed by atoms with E-state index in [0.29, 0.717) is 6.61 Å².